The molecule has 3 aromatic rings. The molecule has 1 fully saturated rings. The molecule has 1 saturated heterocycles. The average molecular weight is 482 g/mol. The Balaban J connectivity index is 1.33. The van der Waals surface area contributed by atoms with Crippen molar-refractivity contribution in [3.05, 3.63) is 48.0 Å². The number of thioether (sulfide) groups is 1. The fraction of sp³-hybridized carbons (Fsp3) is 0.375. The van der Waals surface area contributed by atoms with Crippen LogP contribution in [-0.2, 0) is 16.0 Å². The van der Waals surface area contributed by atoms with E-state index in [1.54, 1.807) is 6.07 Å². The van der Waals surface area contributed by atoms with E-state index in [0.29, 0.717) is 48.8 Å². The molecule has 0 spiro atoms. The van der Waals surface area contributed by atoms with Gasteiger partial charge in [-0.25, -0.2) is 0 Å². The highest BCUT2D eigenvalue weighted by Gasteiger charge is 2.22. The molecule has 10 heteroatoms. The number of carbonyl (C=O) groups is 1. The Morgan fingerprint density at radius 3 is 2.68 bits per heavy atom. The Labute approximate surface area is 202 Å². The minimum absolute atomic E-state index is 0.133. The van der Waals surface area contributed by atoms with Crippen LogP contribution >= 0.6 is 11.8 Å². The SMILES string of the molecule is CCc1cccc(-n2c(SCC(=O)Nc3ccc4c(c3)OCCO4)nnc2N2CCOCC2)c1. The van der Waals surface area contributed by atoms with Gasteiger partial charge in [-0.1, -0.05) is 30.8 Å². The first kappa shape index (κ1) is 22.5. The van der Waals surface area contributed by atoms with Gasteiger partial charge in [0.2, 0.25) is 11.9 Å². The number of ether oxygens (including phenoxy) is 3. The maximum atomic E-state index is 12.7. The zero-order chi connectivity index (χ0) is 23.3. The molecule has 1 aromatic heterocycles. The number of anilines is 2. The molecule has 9 nitrogen and oxygen atoms in total. The molecule has 0 aliphatic carbocycles. The van der Waals surface area contributed by atoms with Gasteiger partial charge in [0.15, 0.2) is 16.7 Å². The second kappa shape index (κ2) is 10.4. The topological polar surface area (TPSA) is 90.7 Å². The van der Waals surface area contributed by atoms with Gasteiger partial charge in [0.25, 0.3) is 0 Å². The van der Waals surface area contributed by atoms with E-state index in [0.717, 1.165) is 31.1 Å². The molecule has 0 atom stereocenters. The fourth-order valence-electron chi connectivity index (χ4n) is 3.91. The third-order valence-electron chi connectivity index (χ3n) is 5.65. The third kappa shape index (κ3) is 4.97. The lowest BCUT2D eigenvalue weighted by molar-refractivity contribution is -0.113. The molecular weight excluding hydrogens is 454 g/mol. The van der Waals surface area contributed by atoms with Crippen LogP contribution in [0.25, 0.3) is 5.69 Å². The summed E-state index contributed by atoms with van der Waals surface area (Å²) in [5, 5.41) is 12.5. The van der Waals surface area contributed by atoms with Crippen LogP contribution in [0, 0.1) is 0 Å². The molecule has 5 rings (SSSR count). The Kier molecular flexibility index (Phi) is 6.87. The van der Waals surface area contributed by atoms with Crippen molar-refractivity contribution in [2.75, 3.05) is 55.5 Å². The van der Waals surface area contributed by atoms with Crippen LogP contribution in [-0.4, -0.2) is 65.9 Å². The van der Waals surface area contributed by atoms with E-state index >= 15 is 0 Å². The van der Waals surface area contributed by atoms with Crippen LogP contribution in [0.4, 0.5) is 11.6 Å². The molecule has 2 aliphatic heterocycles. The largest absolute Gasteiger partial charge is 0.486 e. The second-order valence-electron chi connectivity index (χ2n) is 7.94. The molecule has 34 heavy (non-hydrogen) atoms. The van der Waals surface area contributed by atoms with Gasteiger partial charge < -0.3 is 24.4 Å². The Bertz CT molecular complexity index is 1160. The highest BCUT2D eigenvalue weighted by Crippen LogP contribution is 2.33. The summed E-state index contributed by atoms with van der Waals surface area (Å²) in [7, 11) is 0. The quantitative estimate of drug-likeness (QED) is 0.515. The number of aryl methyl sites for hydroxylation is 1. The number of amides is 1. The van der Waals surface area contributed by atoms with Gasteiger partial charge in [-0.05, 0) is 36.2 Å². The first-order chi connectivity index (χ1) is 16.7. The Hall–Kier alpha value is -3.24. The molecule has 0 saturated carbocycles. The summed E-state index contributed by atoms with van der Waals surface area (Å²) in [6.45, 7) is 5.97. The van der Waals surface area contributed by atoms with Crippen LogP contribution in [0.2, 0.25) is 0 Å². The van der Waals surface area contributed by atoms with Gasteiger partial charge in [-0.15, -0.1) is 10.2 Å². The van der Waals surface area contributed by atoms with Crippen LogP contribution in [0.1, 0.15) is 12.5 Å². The van der Waals surface area contributed by atoms with Gasteiger partial charge in [0, 0.05) is 24.8 Å². The number of hydrogen-bond donors (Lipinski definition) is 1. The molecule has 0 radical (unpaired) electrons. The molecule has 2 aromatic carbocycles. The van der Waals surface area contributed by atoms with Crippen molar-refractivity contribution in [1.29, 1.82) is 0 Å². The maximum Gasteiger partial charge on any atom is 0.234 e. The summed E-state index contributed by atoms with van der Waals surface area (Å²) in [6, 6.07) is 13.7. The van der Waals surface area contributed by atoms with E-state index in [9.17, 15) is 4.79 Å². The summed E-state index contributed by atoms with van der Waals surface area (Å²) in [6.07, 6.45) is 0.934. The zero-order valence-corrected chi connectivity index (χ0v) is 19.8. The van der Waals surface area contributed by atoms with Crippen molar-refractivity contribution >= 4 is 29.3 Å². The van der Waals surface area contributed by atoms with Crippen LogP contribution < -0.4 is 19.7 Å². The highest BCUT2D eigenvalue weighted by atomic mass is 32.2. The standard InChI is InChI=1S/C24H27N5O4S/c1-2-17-4-3-5-19(14-17)29-23(28-8-10-31-11-9-28)26-27-24(29)34-16-22(30)25-18-6-7-20-21(15-18)33-13-12-32-20/h3-7,14-15H,2,8-13,16H2,1H3,(H,25,30). The number of morpholine rings is 1. The third-order valence-corrected chi connectivity index (χ3v) is 6.57. The number of carbonyl (C=O) groups excluding carboxylic acids is 1. The number of nitrogens with one attached hydrogen (secondary N) is 1. The van der Waals surface area contributed by atoms with Crippen molar-refractivity contribution in [2.24, 2.45) is 0 Å². The molecular formula is C24H27N5O4S. The van der Waals surface area contributed by atoms with Gasteiger partial charge >= 0.3 is 0 Å². The smallest absolute Gasteiger partial charge is 0.234 e. The number of fused-ring (bicyclic) bond motifs is 1. The minimum atomic E-state index is -0.133. The monoisotopic (exact) mass is 481 g/mol. The van der Waals surface area contributed by atoms with Gasteiger partial charge in [0.1, 0.15) is 13.2 Å². The van der Waals surface area contributed by atoms with Crippen molar-refractivity contribution in [3.8, 4) is 17.2 Å². The molecule has 0 unspecified atom stereocenters. The fourth-order valence-corrected chi connectivity index (χ4v) is 4.66. The van der Waals surface area contributed by atoms with Gasteiger partial charge in [-0.2, -0.15) is 0 Å². The maximum absolute atomic E-state index is 12.7. The first-order valence-electron chi connectivity index (χ1n) is 11.4. The summed E-state index contributed by atoms with van der Waals surface area (Å²) >= 11 is 1.36. The molecule has 0 bridgehead atoms. The summed E-state index contributed by atoms with van der Waals surface area (Å²) in [5.41, 5.74) is 2.88. The lowest BCUT2D eigenvalue weighted by atomic mass is 10.1. The lowest BCUT2D eigenvalue weighted by Crippen LogP contribution is -2.37. The second-order valence-corrected chi connectivity index (χ2v) is 8.88. The van der Waals surface area contributed by atoms with E-state index in [2.05, 4.69) is 39.5 Å². The molecule has 178 valence electrons. The lowest BCUT2D eigenvalue weighted by Gasteiger charge is -2.28. The summed E-state index contributed by atoms with van der Waals surface area (Å²) in [4.78, 5) is 14.9. The number of rotatable bonds is 7. The van der Waals surface area contributed by atoms with Crippen LogP contribution in [0.15, 0.2) is 47.6 Å². The van der Waals surface area contributed by atoms with Gasteiger partial charge in [-0.3, -0.25) is 9.36 Å². The normalized spacial score (nSPS) is 15.3. The van der Waals surface area contributed by atoms with Crippen molar-refractivity contribution < 1.29 is 19.0 Å². The first-order valence-corrected chi connectivity index (χ1v) is 12.4. The van der Waals surface area contributed by atoms with Crippen LogP contribution in [0.3, 0.4) is 0 Å². The number of aromatic nitrogens is 3. The van der Waals surface area contributed by atoms with E-state index < -0.39 is 0 Å². The van der Waals surface area contributed by atoms with Gasteiger partial charge in [0.05, 0.1) is 24.7 Å². The van der Waals surface area contributed by atoms with Crippen LogP contribution in [0.5, 0.6) is 11.5 Å². The Morgan fingerprint density at radius 1 is 1.03 bits per heavy atom. The van der Waals surface area contributed by atoms with Crippen molar-refractivity contribution in [1.82, 2.24) is 14.8 Å². The van der Waals surface area contributed by atoms with E-state index in [4.69, 9.17) is 14.2 Å². The van der Waals surface area contributed by atoms with Crippen molar-refractivity contribution in [3.63, 3.8) is 0 Å². The molecule has 3 heterocycles. The predicted molar refractivity (Wildman–Crippen MR) is 131 cm³/mol. The number of nitrogens with zero attached hydrogens (tertiary/aromatic N) is 4. The highest BCUT2D eigenvalue weighted by molar-refractivity contribution is 7.99. The predicted octanol–water partition coefficient (Wildman–Crippen LogP) is 3.17. The molecule has 2 aliphatic rings. The van der Waals surface area contributed by atoms with E-state index in [1.807, 2.05) is 28.8 Å². The van der Waals surface area contributed by atoms with Crippen molar-refractivity contribution in [2.45, 2.75) is 18.5 Å². The minimum Gasteiger partial charge on any atom is -0.486 e. The summed E-state index contributed by atoms with van der Waals surface area (Å²) < 4.78 is 18.7. The summed E-state index contributed by atoms with van der Waals surface area (Å²) in [5.74, 6) is 2.17. The zero-order valence-electron chi connectivity index (χ0n) is 19.0. The molecule has 1 amide bonds. The number of hydrogen-bond acceptors (Lipinski definition) is 8. The number of benzene rings is 2. The van der Waals surface area contributed by atoms with E-state index in [1.165, 1.54) is 17.3 Å². The molecule has 1 N–H and O–H groups in total. The Morgan fingerprint density at radius 2 is 1.85 bits per heavy atom. The van der Waals surface area contributed by atoms with E-state index in [-0.39, 0.29) is 11.7 Å². The average Bonchev–Trinajstić information content (AvgIpc) is 3.32.